The number of anilines is 2. The lowest BCUT2D eigenvalue weighted by molar-refractivity contribution is 0.322. The molecule has 0 aliphatic carbocycles. The van der Waals surface area contributed by atoms with Crippen molar-refractivity contribution in [3.05, 3.63) is 41.9 Å². The summed E-state index contributed by atoms with van der Waals surface area (Å²) >= 11 is 0. The first-order valence-electron chi connectivity index (χ1n) is 7.04. The van der Waals surface area contributed by atoms with Crippen molar-refractivity contribution in [1.29, 1.82) is 0 Å². The monoisotopic (exact) mass is 285 g/mol. The van der Waals surface area contributed by atoms with Crippen molar-refractivity contribution in [2.24, 2.45) is 5.84 Å². The van der Waals surface area contributed by atoms with Gasteiger partial charge in [0.25, 0.3) is 0 Å². The lowest BCUT2D eigenvalue weighted by Gasteiger charge is -2.23. The molecule has 2 aromatic rings. The minimum absolute atomic E-state index is 0.636. The largest absolute Gasteiger partial charge is 0.491 e. The van der Waals surface area contributed by atoms with E-state index in [9.17, 15) is 0 Å². The Kier molecular flexibility index (Phi) is 3.87. The van der Waals surface area contributed by atoms with Crippen molar-refractivity contribution in [2.75, 3.05) is 23.5 Å². The van der Waals surface area contributed by atoms with Gasteiger partial charge in [-0.15, -0.1) is 0 Å². The number of nitrogen functional groups attached to an aromatic ring is 1. The fourth-order valence-electron chi connectivity index (χ4n) is 2.51. The lowest BCUT2D eigenvalue weighted by Crippen LogP contribution is -2.25. The predicted molar refractivity (Wildman–Crippen MR) is 82.2 cm³/mol. The number of hydrogen-bond donors (Lipinski definition) is 2. The number of nitrogens with two attached hydrogens (primary N) is 1. The number of aromatic nitrogens is 2. The average molecular weight is 285 g/mol. The molecule has 0 amide bonds. The summed E-state index contributed by atoms with van der Waals surface area (Å²) in [7, 11) is 0. The molecule has 3 N–H and O–H groups in total. The van der Waals surface area contributed by atoms with E-state index in [1.165, 1.54) is 0 Å². The number of rotatable bonds is 3. The maximum absolute atomic E-state index is 5.77. The summed E-state index contributed by atoms with van der Waals surface area (Å²) in [6.07, 6.45) is 0.975. The molecule has 1 aromatic heterocycles. The first-order chi connectivity index (χ1) is 10.3. The molecule has 0 spiro atoms. The Morgan fingerprint density at radius 1 is 1.33 bits per heavy atom. The molecule has 0 radical (unpaired) electrons. The number of ether oxygens (including phenoxy) is 1. The van der Waals surface area contributed by atoms with Crippen molar-refractivity contribution >= 4 is 11.5 Å². The van der Waals surface area contributed by atoms with Crippen LogP contribution in [0.15, 0.2) is 30.3 Å². The smallest absolute Gasteiger partial charge is 0.150 e. The zero-order valence-corrected chi connectivity index (χ0v) is 12.0. The molecule has 0 fully saturated rings. The lowest BCUT2D eigenvalue weighted by atomic mass is 10.2. The van der Waals surface area contributed by atoms with Gasteiger partial charge in [0, 0.05) is 18.3 Å². The molecule has 0 atom stereocenters. The van der Waals surface area contributed by atoms with Crippen LogP contribution in [0.3, 0.4) is 0 Å². The van der Waals surface area contributed by atoms with E-state index >= 15 is 0 Å². The van der Waals surface area contributed by atoms with Crippen molar-refractivity contribution in [3.8, 4) is 5.75 Å². The van der Waals surface area contributed by atoms with Crippen LogP contribution in [0, 0.1) is 6.92 Å². The molecular weight excluding hydrogens is 266 g/mol. The Bertz CT molecular complexity index is 631. The number of para-hydroxylation sites is 2. The van der Waals surface area contributed by atoms with Gasteiger partial charge >= 0.3 is 0 Å². The standard InChI is InChI=1S/C15H19N5O/c1-11-9-14(19-16)18-15(17-11)10-20-7-4-8-21-13-6-3-2-5-12(13)20/h2-3,5-6,9H,4,7-8,10,16H2,1H3,(H,17,18,19). The average Bonchev–Trinajstić information content (AvgIpc) is 2.69. The quantitative estimate of drug-likeness (QED) is 0.662. The highest BCUT2D eigenvalue weighted by atomic mass is 16.5. The molecule has 6 nitrogen and oxygen atoms in total. The number of benzene rings is 1. The van der Waals surface area contributed by atoms with Crippen LogP contribution in [0.2, 0.25) is 0 Å². The van der Waals surface area contributed by atoms with Crippen LogP contribution in [0.25, 0.3) is 0 Å². The number of hydrazine groups is 1. The van der Waals surface area contributed by atoms with E-state index in [4.69, 9.17) is 10.6 Å². The van der Waals surface area contributed by atoms with Gasteiger partial charge in [0.1, 0.15) is 17.4 Å². The van der Waals surface area contributed by atoms with Gasteiger partial charge in [-0.1, -0.05) is 12.1 Å². The third kappa shape index (κ3) is 3.05. The first-order valence-corrected chi connectivity index (χ1v) is 7.04. The molecule has 21 heavy (non-hydrogen) atoms. The summed E-state index contributed by atoms with van der Waals surface area (Å²) in [6.45, 7) is 4.22. The Balaban J connectivity index is 1.89. The second-order valence-electron chi connectivity index (χ2n) is 5.05. The highest BCUT2D eigenvalue weighted by Crippen LogP contribution is 2.31. The molecular formula is C15H19N5O. The molecule has 6 heteroatoms. The maximum Gasteiger partial charge on any atom is 0.150 e. The van der Waals surface area contributed by atoms with Crippen molar-refractivity contribution in [3.63, 3.8) is 0 Å². The zero-order valence-electron chi connectivity index (χ0n) is 12.0. The van der Waals surface area contributed by atoms with E-state index in [0.29, 0.717) is 12.4 Å². The van der Waals surface area contributed by atoms with Gasteiger partial charge in [-0.05, 0) is 25.5 Å². The zero-order chi connectivity index (χ0) is 14.7. The second-order valence-corrected chi connectivity index (χ2v) is 5.05. The normalized spacial score (nSPS) is 14.1. The van der Waals surface area contributed by atoms with Gasteiger partial charge < -0.3 is 15.1 Å². The third-order valence-corrected chi connectivity index (χ3v) is 3.42. The van der Waals surface area contributed by atoms with E-state index in [2.05, 4.69) is 26.4 Å². The highest BCUT2D eigenvalue weighted by molar-refractivity contribution is 5.59. The molecule has 1 aliphatic heterocycles. The maximum atomic E-state index is 5.77. The van der Waals surface area contributed by atoms with Crippen LogP contribution in [0.1, 0.15) is 17.9 Å². The minimum atomic E-state index is 0.636. The fourth-order valence-corrected chi connectivity index (χ4v) is 2.51. The molecule has 2 heterocycles. The number of aryl methyl sites for hydroxylation is 1. The summed E-state index contributed by atoms with van der Waals surface area (Å²) in [5, 5.41) is 0. The third-order valence-electron chi connectivity index (χ3n) is 3.42. The van der Waals surface area contributed by atoms with Gasteiger partial charge in [-0.3, -0.25) is 0 Å². The van der Waals surface area contributed by atoms with Crippen LogP contribution < -0.4 is 20.9 Å². The summed E-state index contributed by atoms with van der Waals surface area (Å²) in [5.41, 5.74) is 4.56. The van der Waals surface area contributed by atoms with E-state index in [-0.39, 0.29) is 0 Å². The topological polar surface area (TPSA) is 76.3 Å². The van der Waals surface area contributed by atoms with Crippen LogP contribution in [-0.4, -0.2) is 23.1 Å². The SMILES string of the molecule is Cc1cc(NN)nc(CN2CCCOc3ccccc32)n1. The molecule has 0 unspecified atom stereocenters. The molecule has 0 saturated heterocycles. The van der Waals surface area contributed by atoms with Crippen molar-refractivity contribution in [2.45, 2.75) is 19.9 Å². The molecule has 110 valence electrons. The van der Waals surface area contributed by atoms with Crippen LogP contribution >= 0.6 is 0 Å². The Morgan fingerprint density at radius 3 is 3.05 bits per heavy atom. The van der Waals surface area contributed by atoms with Crippen LogP contribution in [0.4, 0.5) is 11.5 Å². The summed E-state index contributed by atoms with van der Waals surface area (Å²) in [6, 6.07) is 9.89. The highest BCUT2D eigenvalue weighted by Gasteiger charge is 2.17. The molecule has 1 aromatic carbocycles. The number of fused-ring (bicyclic) bond motifs is 1. The van der Waals surface area contributed by atoms with Gasteiger partial charge in [0.15, 0.2) is 0 Å². The van der Waals surface area contributed by atoms with E-state index in [1.54, 1.807) is 0 Å². The Hall–Kier alpha value is -2.34. The van der Waals surface area contributed by atoms with Gasteiger partial charge in [-0.2, -0.15) is 0 Å². The number of hydrogen-bond acceptors (Lipinski definition) is 6. The van der Waals surface area contributed by atoms with Gasteiger partial charge in [0.05, 0.1) is 18.8 Å². The van der Waals surface area contributed by atoms with Crippen molar-refractivity contribution in [1.82, 2.24) is 9.97 Å². The number of nitrogens with one attached hydrogen (secondary N) is 1. The van der Waals surface area contributed by atoms with Gasteiger partial charge in [0.2, 0.25) is 0 Å². The number of nitrogens with zero attached hydrogens (tertiary/aromatic N) is 3. The minimum Gasteiger partial charge on any atom is -0.491 e. The second kappa shape index (κ2) is 5.97. The molecule has 0 saturated carbocycles. The van der Waals surface area contributed by atoms with E-state index in [0.717, 1.165) is 42.5 Å². The Labute approximate surface area is 123 Å². The Morgan fingerprint density at radius 2 is 2.19 bits per heavy atom. The summed E-state index contributed by atoms with van der Waals surface area (Å²) in [4.78, 5) is 11.2. The fraction of sp³-hybridized carbons (Fsp3) is 0.333. The van der Waals surface area contributed by atoms with Crippen LogP contribution in [0.5, 0.6) is 5.75 Å². The van der Waals surface area contributed by atoms with Crippen LogP contribution in [-0.2, 0) is 6.54 Å². The first kappa shape index (κ1) is 13.6. The molecule has 3 rings (SSSR count). The predicted octanol–water partition coefficient (Wildman–Crippen LogP) is 1.86. The molecule has 0 bridgehead atoms. The van der Waals surface area contributed by atoms with Crippen molar-refractivity contribution < 1.29 is 4.74 Å². The van der Waals surface area contributed by atoms with E-state index in [1.807, 2.05) is 31.2 Å². The van der Waals surface area contributed by atoms with E-state index < -0.39 is 0 Å². The summed E-state index contributed by atoms with van der Waals surface area (Å²) < 4.78 is 5.77. The van der Waals surface area contributed by atoms with Gasteiger partial charge in [-0.25, -0.2) is 15.8 Å². The molecule has 1 aliphatic rings. The summed E-state index contributed by atoms with van der Waals surface area (Å²) in [5.74, 6) is 7.75.